The van der Waals surface area contributed by atoms with Crippen LogP contribution in [-0.4, -0.2) is 59.1 Å². The molecule has 3 aromatic rings. The zero-order chi connectivity index (χ0) is 27.9. The number of carbonyl (C=O) groups is 3. The molecule has 0 saturated carbocycles. The summed E-state index contributed by atoms with van der Waals surface area (Å²) in [6, 6.07) is 23.8. The molecule has 2 N–H and O–H groups in total. The molecular formula is C30H29N5O4S. The van der Waals surface area contributed by atoms with Crippen LogP contribution in [0.2, 0.25) is 0 Å². The number of nitrogens with zero attached hydrogens (tertiary/aromatic N) is 3. The standard InChI is InChI=1S/C30H29N5O4S/c1-39-25-14-8-7-13-23(25)32-27(37)19-40-30-34-22-12-6-5-11-21(22)28-33-24(29(38)35(28)30)15-16-26(36)31-18-17-20-9-3-2-4-10-20/h2-14,24H,15-19H2,1H3,(H,31,36)(H,32,37)/t24-/m0/s1. The normalized spacial score (nSPS) is 15.5. The van der Waals surface area contributed by atoms with E-state index in [0.717, 1.165) is 29.3 Å². The number of rotatable bonds is 10. The van der Waals surface area contributed by atoms with Crippen molar-refractivity contribution < 1.29 is 19.1 Å². The van der Waals surface area contributed by atoms with E-state index >= 15 is 0 Å². The number of para-hydroxylation sites is 3. The molecule has 0 saturated heterocycles. The van der Waals surface area contributed by atoms with Crippen LogP contribution in [0.5, 0.6) is 5.75 Å². The molecule has 10 heteroatoms. The molecule has 0 bridgehead atoms. The Bertz CT molecular complexity index is 1470. The van der Waals surface area contributed by atoms with Crippen molar-refractivity contribution in [2.24, 2.45) is 9.98 Å². The predicted molar refractivity (Wildman–Crippen MR) is 157 cm³/mol. The van der Waals surface area contributed by atoms with Gasteiger partial charge in [-0.3, -0.25) is 19.4 Å². The summed E-state index contributed by atoms with van der Waals surface area (Å²) in [5.41, 5.74) is 3.13. The van der Waals surface area contributed by atoms with Gasteiger partial charge in [0.25, 0.3) is 5.91 Å². The minimum atomic E-state index is -0.700. The summed E-state index contributed by atoms with van der Waals surface area (Å²) in [4.78, 5) is 49.5. The van der Waals surface area contributed by atoms with Crippen molar-refractivity contribution in [1.29, 1.82) is 0 Å². The van der Waals surface area contributed by atoms with Crippen LogP contribution in [0.25, 0.3) is 0 Å². The minimum Gasteiger partial charge on any atom is -0.495 e. The number of anilines is 1. The maximum atomic E-state index is 13.5. The molecule has 204 valence electrons. The van der Waals surface area contributed by atoms with Gasteiger partial charge in [0, 0.05) is 18.5 Å². The van der Waals surface area contributed by atoms with Gasteiger partial charge in [-0.2, -0.15) is 0 Å². The molecule has 0 aromatic heterocycles. The quantitative estimate of drug-likeness (QED) is 0.390. The maximum absolute atomic E-state index is 13.5. The Hall–Kier alpha value is -4.44. The molecular weight excluding hydrogens is 526 g/mol. The van der Waals surface area contributed by atoms with E-state index in [4.69, 9.17) is 9.73 Å². The third-order valence-electron chi connectivity index (χ3n) is 6.48. The summed E-state index contributed by atoms with van der Waals surface area (Å²) in [5.74, 6) is 0.455. The molecule has 0 spiro atoms. The van der Waals surface area contributed by atoms with Gasteiger partial charge in [-0.05, 0) is 42.7 Å². The first-order valence-electron chi connectivity index (χ1n) is 13.0. The number of methoxy groups -OCH3 is 1. The lowest BCUT2D eigenvalue weighted by atomic mass is 10.1. The number of carbonyl (C=O) groups excluding carboxylic acids is 3. The first-order chi connectivity index (χ1) is 19.5. The zero-order valence-electron chi connectivity index (χ0n) is 22.0. The number of amides is 3. The van der Waals surface area contributed by atoms with Gasteiger partial charge in [0.05, 0.1) is 24.2 Å². The molecule has 2 heterocycles. The van der Waals surface area contributed by atoms with Crippen LogP contribution >= 0.6 is 11.8 Å². The van der Waals surface area contributed by atoms with E-state index in [2.05, 4.69) is 15.6 Å². The summed E-state index contributed by atoms with van der Waals surface area (Å²) in [6.45, 7) is 0.528. The zero-order valence-corrected chi connectivity index (χ0v) is 22.8. The Balaban J connectivity index is 1.22. The highest BCUT2D eigenvalue weighted by Crippen LogP contribution is 2.34. The van der Waals surface area contributed by atoms with Crippen LogP contribution in [0.4, 0.5) is 11.4 Å². The van der Waals surface area contributed by atoms with Crippen LogP contribution in [0, 0.1) is 0 Å². The van der Waals surface area contributed by atoms with Gasteiger partial charge in [0.15, 0.2) is 5.17 Å². The second-order valence-electron chi connectivity index (χ2n) is 9.22. The van der Waals surface area contributed by atoms with E-state index in [1.54, 1.807) is 19.2 Å². The summed E-state index contributed by atoms with van der Waals surface area (Å²) in [5, 5.41) is 6.15. The highest BCUT2D eigenvalue weighted by atomic mass is 32.2. The first-order valence-corrected chi connectivity index (χ1v) is 14.0. The second kappa shape index (κ2) is 12.6. The lowest BCUT2D eigenvalue weighted by Crippen LogP contribution is -2.41. The summed E-state index contributed by atoms with van der Waals surface area (Å²) < 4.78 is 5.30. The lowest BCUT2D eigenvalue weighted by Gasteiger charge is -2.25. The SMILES string of the molecule is COc1ccccc1NC(=O)CSC1=Nc2ccccc2C2=N[C@@H](CCC(=O)NCCc3ccccc3)C(=O)N12. The second-order valence-corrected chi connectivity index (χ2v) is 10.2. The molecule has 0 unspecified atom stereocenters. The van der Waals surface area contributed by atoms with Crippen molar-refractivity contribution >= 4 is 51.9 Å². The average molecular weight is 556 g/mol. The van der Waals surface area contributed by atoms with E-state index in [1.165, 1.54) is 4.90 Å². The van der Waals surface area contributed by atoms with Gasteiger partial charge in [-0.15, -0.1) is 0 Å². The number of fused-ring (bicyclic) bond motifs is 3. The van der Waals surface area contributed by atoms with Crippen molar-refractivity contribution in [2.75, 3.05) is 24.7 Å². The van der Waals surface area contributed by atoms with Crippen molar-refractivity contribution in [3.63, 3.8) is 0 Å². The van der Waals surface area contributed by atoms with Gasteiger partial charge < -0.3 is 15.4 Å². The smallest absolute Gasteiger partial charge is 0.259 e. The Morgan fingerprint density at radius 3 is 2.55 bits per heavy atom. The Morgan fingerprint density at radius 1 is 0.975 bits per heavy atom. The molecule has 2 aliphatic heterocycles. The maximum Gasteiger partial charge on any atom is 0.259 e. The fourth-order valence-corrected chi connectivity index (χ4v) is 5.30. The third kappa shape index (κ3) is 6.23. The molecule has 40 heavy (non-hydrogen) atoms. The topological polar surface area (TPSA) is 112 Å². The van der Waals surface area contributed by atoms with E-state index in [-0.39, 0.29) is 36.3 Å². The summed E-state index contributed by atoms with van der Waals surface area (Å²) in [6.07, 6.45) is 1.20. The van der Waals surface area contributed by atoms with Crippen LogP contribution in [-0.2, 0) is 20.8 Å². The van der Waals surface area contributed by atoms with Crippen molar-refractivity contribution in [2.45, 2.75) is 25.3 Å². The number of ether oxygens (including phenoxy) is 1. The highest BCUT2D eigenvalue weighted by Gasteiger charge is 2.41. The number of hydrogen-bond acceptors (Lipinski definition) is 7. The van der Waals surface area contributed by atoms with Crippen LogP contribution < -0.4 is 15.4 Å². The van der Waals surface area contributed by atoms with Gasteiger partial charge in [-0.1, -0.05) is 66.4 Å². The Kier molecular flexibility index (Phi) is 8.56. The van der Waals surface area contributed by atoms with Crippen molar-refractivity contribution in [3.05, 3.63) is 90.0 Å². The summed E-state index contributed by atoms with van der Waals surface area (Å²) >= 11 is 1.16. The van der Waals surface area contributed by atoms with Gasteiger partial charge in [-0.25, -0.2) is 9.89 Å². The van der Waals surface area contributed by atoms with E-state index in [0.29, 0.717) is 34.7 Å². The number of nitrogens with one attached hydrogen (secondary N) is 2. The number of benzene rings is 3. The molecule has 1 atom stereocenters. The average Bonchev–Trinajstić information content (AvgIpc) is 3.32. The van der Waals surface area contributed by atoms with Gasteiger partial charge in [0.2, 0.25) is 11.8 Å². The van der Waals surface area contributed by atoms with Gasteiger partial charge >= 0.3 is 0 Å². The van der Waals surface area contributed by atoms with Crippen molar-refractivity contribution in [1.82, 2.24) is 10.2 Å². The molecule has 0 fully saturated rings. The van der Waals surface area contributed by atoms with Gasteiger partial charge in [0.1, 0.15) is 17.6 Å². The third-order valence-corrected chi connectivity index (χ3v) is 7.42. The highest BCUT2D eigenvalue weighted by molar-refractivity contribution is 8.14. The molecule has 5 rings (SSSR count). The molecule has 9 nitrogen and oxygen atoms in total. The molecule has 3 aromatic carbocycles. The fourth-order valence-electron chi connectivity index (χ4n) is 4.50. The van der Waals surface area contributed by atoms with E-state index in [9.17, 15) is 14.4 Å². The van der Waals surface area contributed by atoms with E-state index in [1.807, 2.05) is 66.7 Å². The van der Waals surface area contributed by atoms with E-state index < -0.39 is 6.04 Å². The molecule has 0 radical (unpaired) electrons. The largest absolute Gasteiger partial charge is 0.495 e. The minimum absolute atomic E-state index is 0.0323. The number of amidine groups is 2. The molecule has 0 aliphatic carbocycles. The van der Waals surface area contributed by atoms with Crippen LogP contribution in [0.3, 0.4) is 0 Å². The first kappa shape index (κ1) is 27.1. The Morgan fingerprint density at radius 2 is 1.73 bits per heavy atom. The number of aliphatic imine (C=N–C) groups is 2. The molecule has 2 aliphatic rings. The lowest BCUT2D eigenvalue weighted by molar-refractivity contribution is -0.125. The molecule has 3 amide bonds. The van der Waals surface area contributed by atoms with Crippen molar-refractivity contribution in [3.8, 4) is 5.75 Å². The predicted octanol–water partition coefficient (Wildman–Crippen LogP) is 4.16. The monoisotopic (exact) mass is 555 g/mol. The fraction of sp³-hybridized carbons (Fsp3) is 0.233. The summed E-state index contributed by atoms with van der Waals surface area (Å²) in [7, 11) is 1.54. The van der Waals surface area contributed by atoms with Crippen LogP contribution in [0.1, 0.15) is 24.0 Å². The number of thioether (sulfide) groups is 1. The van der Waals surface area contributed by atoms with Crippen LogP contribution in [0.15, 0.2) is 88.8 Å². The Labute approximate surface area is 236 Å². The number of hydrogen-bond donors (Lipinski definition) is 2.